The van der Waals surface area contributed by atoms with Crippen molar-refractivity contribution >= 4 is 17.0 Å². The number of esters is 1. The predicted molar refractivity (Wildman–Crippen MR) is 82.8 cm³/mol. The Bertz CT molecular complexity index is 908. The van der Waals surface area contributed by atoms with Crippen molar-refractivity contribution in [2.75, 3.05) is 6.61 Å². The average Bonchev–Trinajstić information content (AvgIpc) is 2.90. The number of hydrogen-bond acceptors (Lipinski definition) is 4. The number of aromatic nitrogens is 3. The Hall–Kier alpha value is -2.89. The van der Waals surface area contributed by atoms with Crippen molar-refractivity contribution in [3.63, 3.8) is 0 Å². The van der Waals surface area contributed by atoms with Gasteiger partial charge in [-0.15, -0.1) is 0 Å². The van der Waals surface area contributed by atoms with Crippen LogP contribution in [0.2, 0.25) is 0 Å². The zero-order valence-corrected chi connectivity index (χ0v) is 12.3. The van der Waals surface area contributed by atoms with Crippen LogP contribution < -0.4 is 5.56 Å². The molecular formula is C16H15N3O3. The number of pyridine rings is 1. The molecule has 2 N–H and O–H groups in total. The van der Waals surface area contributed by atoms with E-state index in [0.717, 1.165) is 11.1 Å². The molecule has 22 heavy (non-hydrogen) atoms. The van der Waals surface area contributed by atoms with Gasteiger partial charge in [-0.25, -0.2) is 4.79 Å². The van der Waals surface area contributed by atoms with Gasteiger partial charge in [0.15, 0.2) is 5.65 Å². The second-order valence-electron chi connectivity index (χ2n) is 4.90. The third kappa shape index (κ3) is 2.28. The molecule has 0 aliphatic carbocycles. The quantitative estimate of drug-likeness (QED) is 0.727. The number of benzene rings is 1. The maximum absolute atomic E-state index is 12.2. The topological polar surface area (TPSA) is 87.8 Å². The summed E-state index contributed by atoms with van der Waals surface area (Å²) in [7, 11) is 0. The van der Waals surface area contributed by atoms with Gasteiger partial charge in [-0.1, -0.05) is 24.3 Å². The van der Waals surface area contributed by atoms with E-state index in [2.05, 4.69) is 15.2 Å². The number of nitrogens with one attached hydrogen (secondary N) is 2. The van der Waals surface area contributed by atoms with E-state index in [1.165, 1.54) is 6.07 Å². The average molecular weight is 297 g/mol. The van der Waals surface area contributed by atoms with E-state index < -0.39 is 11.5 Å². The number of carbonyl (C=O) groups excluding carboxylic acids is 1. The van der Waals surface area contributed by atoms with Crippen LogP contribution in [0.15, 0.2) is 35.1 Å². The van der Waals surface area contributed by atoms with E-state index in [1.54, 1.807) is 6.92 Å². The van der Waals surface area contributed by atoms with Crippen LogP contribution >= 0.6 is 0 Å². The van der Waals surface area contributed by atoms with Gasteiger partial charge in [0.25, 0.3) is 0 Å². The Morgan fingerprint density at radius 3 is 2.82 bits per heavy atom. The van der Waals surface area contributed by atoms with Crippen molar-refractivity contribution in [1.82, 2.24) is 15.2 Å². The minimum Gasteiger partial charge on any atom is -0.462 e. The SMILES string of the molecule is CCOC(=O)c1cc(=O)[nH]c2n[nH]c(-c3ccccc3C)c12. The Morgan fingerprint density at radius 1 is 1.32 bits per heavy atom. The van der Waals surface area contributed by atoms with Crippen LogP contribution in [0.1, 0.15) is 22.8 Å². The second kappa shape index (κ2) is 5.48. The Morgan fingerprint density at radius 2 is 2.09 bits per heavy atom. The van der Waals surface area contributed by atoms with Crippen molar-refractivity contribution in [2.45, 2.75) is 13.8 Å². The Balaban J connectivity index is 2.32. The first-order valence-electron chi connectivity index (χ1n) is 6.96. The zero-order chi connectivity index (χ0) is 15.7. The molecule has 0 atom stereocenters. The smallest absolute Gasteiger partial charge is 0.339 e. The summed E-state index contributed by atoms with van der Waals surface area (Å²) in [5.41, 5.74) is 2.81. The van der Waals surface area contributed by atoms with Crippen molar-refractivity contribution in [1.29, 1.82) is 0 Å². The summed E-state index contributed by atoms with van der Waals surface area (Å²) in [6, 6.07) is 8.99. The lowest BCUT2D eigenvalue weighted by atomic mass is 10.0. The molecule has 0 aliphatic heterocycles. The number of fused-ring (bicyclic) bond motifs is 1. The summed E-state index contributed by atoms with van der Waals surface area (Å²) < 4.78 is 5.05. The van der Waals surface area contributed by atoms with Crippen LogP contribution in [-0.2, 0) is 4.74 Å². The number of aryl methyl sites for hydroxylation is 1. The number of ether oxygens (including phenoxy) is 1. The molecule has 2 heterocycles. The number of aromatic amines is 2. The highest BCUT2D eigenvalue weighted by atomic mass is 16.5. The molecule has 1 aromatic carbocycles. The second-order valence-corrected chi connectivity index (χ2v) is 4.90. The highest BCUT2D eigenvalue weighted by Crippen LogP contribution is 2.29. The predicted octanol–water partition coefficient (Wildman–Crippen LogP) is 2.40. The van der Waals surface area contributed by atoms with E-state index in [0.29, 0.717) is 16.7 Å². The lowest BCUT2D eigenvalue weighted by Gasteiger charge is -2.06. The van der Waals surface area contributed by atoms with Gasteiger partial charge in [0, 0.05) is 11.6 Å². The molecule has 0 saturated heterocycles. The lowest BCUT2D eigenvalue weighted by Crippen LogP contribution is -2.12. The number of rotatable bonds is 3. The fourth-order valence-electron chi connectivity index (χ4n) is 2.47. The first-order chi connectivity index (χ1) is 10.6. The van der Waals surface area contributed by atoms with Gasteiger partial charge in [-0.05, 0) is 19.4 Å². The van der Waals surface area contributed by atoms with Crippen molar-refractivity contribution in [3.05, 3.63) is 51.8 Å². The molecule has 6 heteroatoms. The van der Waals surface area contributed by atoms with E-state index >= 15 is 0 Å². The summed E-state index contributed by atoms with van der Waals surface area (Å²) >= 11 is 0. The molecule has 0 amide bonds. The first kappa shape index (κ1) is 14.1. The fourth-order valence-corrected chi connectivity index (χ4v) is 2.47. The fraction of sp³-hybridized carbons (Fsp3) is 0.188. The lowest BCUT2D eigenvalue weighted by molar-refractivity contribution is 0.0528. The molecule has 0 bridgehead atoms. The number of H-pyrrole nitrogens is 2. The molecule has 0 unspecified atom stereocenters. The molecule has 3 aromatic rings. The van der Waals surface area contributed by atoms with Crippen LogP contribution in [0.5, 0.6) is 0 Å². The normalized spacial score (nSPS) is 10.8. The van der Waals surface area contributed by atoms with E-state index in [9.17, 15) is 9.59 Å². The highest BCUT2D eigenvalue weighted by molar-refractivity contribution is 6.08. The molecule has 0 fully saturated rings. The minimum atomic E-state index is -0.533. The third-order valence-electron chi connectivity index (χ3n) is 3.46. The van der Waals surface area contributed by atoms with E-state index in [1.807, 2.05) is 31.2 Å². The number of hydrogen-bond donors (Lipinski definition) is 2. The summed E-state index contributed by atoms with van der Waals surface area (Å²) in [5, 5.41) is 7.58. The summed E-state index contributed by atoms with van der Waals surface area (Å²) in [6.45, 7) is 3.93. The molecule has 6 nitrogen and oxygen atoms in total. The first-order valence-corrected chi connectivity index (χ1v) is 6.96. The van der Waals surface area contributed by atoms with Crippen molar-refractivity contribution in [3.8, 4) is 11.3 Å². The van der Waals surface area contributed by atoms with Crippen LogP contribution in [0.4, 0.5) is 0 Å². The van der Waals surface area contributed by atoms with Crippen molar-refractivity contribution < 1.29 is 9.53 Å². The Kier molecular flexibility index (Phi) is 3.50. The van der Waals surface area contributed by atoms with Gasteiger partial charge in [0.1, 0.15) is 0 Å². The standard InChI is InChI=1S/C16H15N3O3/c1-3-22-16(21)11-8-12(20)17-15-13(11)14(18-19-15)10-7-5-4-6-9(10)2/h4-8H,3H2,1-2H3,(H2,17,18,19,20). The summed E-state index contributed by atoms with van der Waals surface area (Å²) in [5.74, 6) is -0.533. The summed E-state index contributed by atoms with van der Waals surface area (Å²) in [6.07, 6.45) is 0. The molecule has 0 spiro atoms. The molecule has 0 radical (unpaired) electrons. The van der Waals surface area contributed by atoms with Gasteiger partial charge >= 0.3 is 5.97 Å². The summed E-state index contributed by atoms with van der Waals surface area (Å²) in [4.78, 5) is 26.5. The van der Waals surface area contributed by atoms with Gasteiger partial charge in [0.05, 0.1) is 23.3 Å². The maximum Gasteiger partial charge on any atom is 0.339 e. The molecule has 112 valence electrons. The van der Waals surface area contributed by atoms with Gasteiger partial charge in [-0.3, -0.25) is 9.89 Å². The minimum absolute atomic E-state index is 0.215. The highest BCUT2D eigenvalue weighted by Gasteiger charge is 2.20. The number of carbonyl (C=O) groups is 1. The van der Waals surface area contributed by atoms with Crippen LogP contribution in [0.3, 0.4) is 0 Å². The molecule has 0 saturated carbocycles. The van der Waals surface area contributed by atoms with Crippen LogP contribution in [-0.4, -0.2) is 27.8 Å². The largest absolute Gasteiger partial charge is 0.462 e. The van der Waals surface area contributed by atoms with Gasteiger partial charge in [-0.2, -0.15) is 5.10 Å². The molecular weight excluding hydrogens is 282 g/mol. The van der Waals surface area contributed by atoms with Crippen molar-refractivity contribution in [2.24, 2.45) is 0 Å². The van der Waals surface area contributed by atoms with E-state index in [4.69, 9.17) is 4.74 Å². The molecule has 2 aromatic heterocycles. The third-order valence-corrected chi connectivity index (χ3v) is 3.46. The monoisotopic (exact) mass is 297 g/mol. The van der Waals surface area contributed by atoms with E-state index in [-0.39, 0.29) is 12.2 Å². The maximum atomic E-state index is 12.2. The van der Waals surface area contributed by atoms with Crippen LogP contribution in [0.25, 0.3) is 22.3 Å². The molecule has 3 rings (SSSR count). The zero-order valence-electron chi connectivity index (χ0n) is 12.3. The number of nitrogens with zero attached hydrogens (tertiary/aromatic N) is 1. The van der Waals surface area contributed by atoms with Gasteiger partial charge in [0.2, 0.25) is 5.56 Å². The Labute approximate surface area is 126 Å². The molecule has 0 aliphatic rings. The van der Waals surface area contributed by atoms with Gasteiger partial charge < -0.3 is 9.72 Å². The van der Waals surface area contributed by atoms with Crippen LogP contribution in [0, 0.1) is 6.92 Å².